The van der Waals surface area contributed by atoms with E-state index < -0.39 is 41.8 Å². The minimum Gasteiger partial charge on any atom is -0.481 e. The monoisotopic (exact) mass is 548 g/mol. The number of pyridine rings is 1. The Kier molecular flexibility index (Phi) is 15.5. The summed E-state index contributed by atoms with van der Waals surface area (Å²) in [6.07, 6.45) is 6.56. The van der Waals surface area contributed by atoms with Gasteiger partial charge in [-0.05, 0) is 44.2 Å². The molecule has 216 valence electrons. The molecule has 1 unspecified atom stereocenters. The molecule has 0 aliphatic carbocycles. The molecule has 39 heavy (non-hydrogen) atoms. The zero-order valence-electron chi connectivity index (χ0n) is 22.9. The smallest absolute Gasteiger partial charge is 0.330 e. The van der Waals surface area contributed by atoms with Crippen LogP contribution in [0.15, 0.2) is 35.3 Å². The van der Waals surface area contributed by atoms with Gasteiger partial charge in [0.15, 0.2) is 0 Å². The number of ether oxygens (including phenoxy) is 1. The van der Waals surface area contributed by atoms with E-state index in [1.165, 1.54) is 35.0 Å². The number of nitrogens with one attached hydrogen (secondary N) is 3. The van der Waals surface area contributed by atoms with Crippen molar-refractivity contribution in [2.24, 2.45) is 5.92 Å². The largest absolute Gasteiger partial charge is 0.481 e. The first-order valence-electron chi connectivity index (χ1n) is 13.2. The summed E-state index contributed by atoms with van der Waals surface area (Å²) in [6.45, 7) is 6.35. The molecule has 12 nitrogen and oxygen atoms in total. The Labute approximate surface area is 228 Å². The number of carbonyl (C=O) groups excluding carboxylic acids is 4. The van der Waals surface area contributed by atoms with Crippen LogP contribution in [-0.2, 0) is 35.3 Å². The predicted molar refractivity (Wildman–Crippen MR) is 145 cm³/mol. The van der Waals surface area contributed by atoms with E-state index in [9.17, 15) is 28.8 Å². The average molecular weight is 549 g/mol. The molecule has 4 N–H and O–H groups in total. The highest BCUT2D eigenvalue weighted by molar-refractivity contribution is 5.97. The van der Waals surface area contributed by atoms with Crippen molar-refractivity contribution in [1.82, 2.24) is 15.2 Å². The molecule has 0 aromatic carbocycles. The number of esters is 1. The number of carbonyl (C=O) groups is 5. The van der Waals surface area contributed by atoms with Crippen LogP contribution in [0.5, 0.6) is 0 Å². The number of carboxylic acids is 1. The normalized spacial score (nSPS) is 11.7. The number of hydrogen-bond acceptors (Lipinski definition) is 7. The standard InChI is InChI=1S/C27H40N4O8/c1-4-19(5-2)15-16-28-23(33)18-31-17-9-11-21(27(31)38)30-26(37)20(29-22(32)13-14-24(34)35)10-7-8-12-25(36)39-6-3/h8-9,11-12,17,19-20H,4-7,10,13-16,18H2,1-3H3,(H,28,33)(H,29,32)(H,30,37)(H,34,35)/b12-8+. The lowest BCUT2D eigenvalue weighted by atomic mass is 10.00. The number of rotatable bonds is 18. The van der Waals surface area contributed by atoms with E-state index in [0.717, 1.165) is 19.3 Å². The fourth-order valence-corrected chi connectivity index (χ4v) is 3.69. The summed E-state index contributed by atoms with van der Waals surface area (Å²) in [5.41, 5.74) is -0.682. The van der Waals surface area contributed by atoms with Gasteiger partial charge in [-0.3, -0.25) is 24.0 Å². The van der Waals surface area contributed by atoms with Gasteiger partial charge in [0.2, 0.25) is 17.7 Å². The summed E-state index contributed by atoms with van der Waals surface area (Å²) < 4.78 is 5.96. The topological polar surface area (TPSA) is 173 Å². The Balaban J connectivity index is 2.88. The molecule has 0 radical (unpaired) electrons. The number of nitrogens with zero attached hydrogens (tertiary/aromatic N) is 1. The van der Waals surface area contributed by atoms with E-state index in [0.29, 0.717) is 12.5 Å². The van der Waals surface area contributed by atoms with E-state index >= 15 is 0 Å². The van der Waals surface area contributed by atoms with Gasteiger partial charge in [0.1, 0.15) is 18.3 Å². The molecule has 0 saturated carbocycles. The molecule has 0 aliphatic heterocycles. The third kappa shape index (κ3) is 13.4. The van der Waals surface area contributed by atoms with Crippen molar-refractivity contribution in [3.05, 3.63) is 40.8 Å². The van der Waals surface area contributed by atoms with Gasteiger partial charge in [0.25, 0.3) is 5.56 Å². The molecular weight excluding hydrogens is 508 g/mol. The Hall–Kier alpha value is -3.96. The Morgan fingerprint density at radius 2 is 1.77 bits per heavy atom. The fraction of sp³-hybridized carbons (Fsp3) is 0.556. The van der Waals surface area contributed by atoms with Crippen LogP contribution in [0.3, 0.4) is 0 Å². The zero-order valence-corrected chi connectivity index (χ0v) is 22.9. The summed E-state index contributed by atoms with van der Waals surface area (Å²) in [7, 11) is 0. The summed E-state index contributed by atoms with van der Waals surface area (Å²) >= 11 is 0. The second-order valence-corrected chi connectivity index (χ2v) is 8.91. The lowest BCUT2D eigenvalue weighted by Gasteiger charge is -2.18. The third-order valence-electron chi connectivity index (χ3n) is 6.00. The van der Waals surface area contributed by atoms with Crippen LogP contribution in [0.1, 0.15) is 65.7 Å². The maximum absolute atomic E-state index is 13.0. The number of aliphatic carboxylic acids is 1. The van der Waals surface area contributed by atoms with Crippen molar-refractivity contribution in [3.63, 3.8) is 0 Å². The van der Waals surface area contributed by atoms with Crippen molar-refractivity contribution >= 4 is 35.3 Å². The first-order valence-corrected chi connectivity index (χ1v) is 13.2. The number of hydrogen-bond donors (Lipinski definition) is 4. The van der Waals surface area contributed by atoms with Crippen molar-refractivity contribution in [2.75, 3.05) is 18.5 Å². The van der Waals surface area contributed by atoms with Gasteiger partial charge >= 0.3 is 11.9 Å². The second kappa shape index (κ2) is 18.3. The molecule has 3 amide bonds. The van der Waals surface area contributed by atoms with Crippen LogP contribution < -0.4 is 21.5 Å². The number of carboxylic acid groups (broad SMARTS) is 1. The summed E-state index contributed by atoms with van der Waals surface area (Å²) in [4.78, 5) is 72.7. The summed E-state index contributed by atoms with van der Waals surface area (Å²) in [5.74, 6) is -2.87. The van der Waals surface area contributed by atoms with Crippen LogP contribution in [0, 0.1) is 5.92 Å². The molecule has 1 rings (SSSR count). The molecule has 1 aromatic rings. The average Bonchev–Trinajstić information content (AvgIpc) is 2.89. The van der Waals surface area contributed by atoms with Gasteiger partial charge in [-0.1, -0.05) is 32.8 Å². The van der Waals surface area contributed by atoms with Crippen molar-refractivity contribution < 1.29 is 33.8 Å². The summed E-state index contributed by atoms with van der Waals surface area (Å²) in [6, 6.07) is 1.78. The fourth-order valence-electron chi connectivity index (χ4n) is 3.69. The Morgan fingerprint density at radius 3 is 2.41 bits per heavy atom. The minimum atomic E-state index is -1.16. The quantitative estimate of drug-likeness (QED) is 0.159. The van der Waals surface area contributed by atoms with Crippen molar-refractivity contribution in [2.45, 2.75) is 78.3 Å². The van der Waals surface area contributed by atoms with E-state index in [4.69, 9.17) is 9.84 Å². The van der Waals surface area contributed by atoms with Crippen molar-refractivity contribution in [3.8, 4) is 0 Å². The highest BCUT2D eigenvalue weighted by Gasteiger charge is 2.22. The lowest BCUT2D eigenvalue weighted by Crippen LogP contribution is -2.44. The van der Waals surface area contributed by atoms with Gasteiger partial charge in [-0.2, -0.15) is 0 Å². The molecule has 1 heterocycles. The maximum atomic E-state index is 13.0. The van der Waals surface area contributed by atoms with Gasteiger partial charge in [-0.15, -0.1) is 0 Å². The van der Waals surface area contributed by atoms with E-state index in [1.807, 2.05) is 0 Å². The van der Waals surface area contributed by atoms with Gasteiger partial charge in [0.05, 0.1) is 13.0 Å². The number of amides is 3. The Morgan fingerprint density at radius 1 is 1.05 bits per heavy atom. The molecule has 0 saturated heterocycles. The molecule has 12 heteroatoms. The first-order chi connectivity index (χ1) is 18.6. The van der Waals surface area contributed by atoms with Crippen LogP contribution in [0.2, 0.25) is 0 Å². The van der Waals surface area contributed by atoms with E-state index in [2.05, 4.69) is 29.8 Å². The van der Waals surface area contributed by atoms with Crippen LogP contribution in [0.25, 0.3) is 0 Å². The molecule has 0 spiro atoms. The van der Waals surface area contributed by atoms with Crippen LogP contribution in [-0.4, -0.2) is 58.5 Å². The van der Waals surface area contributed by atoms with Crippen molar-refractivity contribution in [1.29, 1.82) is 0 Å². The molecule has 1 aromatic heterocycles. The predicted octanol–water partition coefficient (Wildman–Crippen LogP) is 1.98. The van der Waals surface area contributed by atoms with Crippen LogP contribution in [0.4, 0.5) is 5.69 Å². The lowest BCUT2D eigenvalue weighted by molar-refractivity contribution is -0.139. The number of aromatic nitrogens is 1. The van der Waals surface area contributed by atoms with Crippen LogP contribution >= 0.6 is 0 Å². The molecule has 1 atom stereocenters. The highest BCUT2D eigenvalue weighted by Crippen LogP contribution is 2.11. The minimum absolute atomic E-state index is 0.0699. The third-order valence-corrected chi connectivity index (χ3v) is 6.00. The van der Waals surface area contributed by atoms with E-state index in [-0.39, 0.29) is 44.0 Å². The summed E-state index contributed by atoms with van der Waals surface area (Å²) in [5, 5.41) is 16.6. The zero-order chi connectivity index (χ0) is 29.2. The SMILES string of the molecule is CCOC(=O)/C=C/CCC(NC(=O)CCC(=O)O)C(=O)Nc1cccn(CC(=O)NCCC(CC)CC)c1=O. The van der Waals surface area contributed by atoms with Gasteiger partial charge in [0, 0.05) is 25.2 Å². The van der Waals surface area contributed by atoms with Gasteiger partial charge in [-0.25, -0.2) is 4.79 Å². The first kappa shape index (κ1) is 33.1. The Bertz CT molecular complexity index is 1060. The highest BCUT2D eigenvalue weighted by atomic mass is 16.5. The van der Waals surface area contributed by atoms with Gasteiger partial charge < -0.3 is 30.4 Å². The van der Waals surface area contributed by atoms with E-state index in [1.54, 1.807) is 6.92 Å². The maximum Gasteiger partial charge on any atom is 0.330 e. The molecule has 0 fully saturated rings. The number of allylic oxidation sites excluding steroid dienone is 1. The second-order valence-electron chi connectivity index (χ2n) is 8.91. The molecular formula is C27H40N4O8. The molecule has 0 aliphatic rings. The molecule has 0 bridgehead atoms. The number of anilines is 1.